The molecule has 7 heteroatoms. The van der Waals surface area contributed by atoms with Gasteiger partial charge in [0.2, 0.25) is 18.1 Å². The van der Waals surface area contributed by atoms with E-state index in [4.69, 9.17) is 5.73 Å². The third kappa shape index (κ3) is 5.41. The lowest BCUT2D eigenvalue weighted by Gasteiger charge is -2.22. The van der Waals surface area contributed by atoms with Crippen LogP contribution in [0.4, 0.5) is 0 Å². The van der Waals surface area contributed by atoms with Crippen LogP contribution in [0.5, 0.6) is 0 Å². The molecule has 97 valence electrons. The van der Waals surface area contributed by atoms with Gasteiger partial charge in [-0.1, -0.05) is 0 Å². The summed E-state index contributed by atoms with van der Waals surface area (Å²) in [6.45, 7) is 4.23. The summed E-state index contributed by atoms with van der Waals surface area (Å²) in [7, 11) is 0. The number of carbonyl (C=O) groups is 2. The van der Waals surface area contributed by atoms with Gasteiger partial charge in [-0.15, -0.1) is 0 Å². The van der Waals surface area contributed by atoms with E-state index >= 15 is 0 Å². The van der Waals surface area contributed by atoms with Crippen LogP contribution in [-0.4, -0.2) is 47.4 Å². The lowest BCUT2D eigenvalue weighted by atomic mass is 10.1. The zero-order valence-corrected chi connectivity index (χ0v) is 10.1. The zero-order valence-electron chi connectivity index (χ0n) is 10.1. The van der Waals surface area contributed by atoms with Crippen LogP contribution in [0.3, 0.4) is 0 Å². The van der Waals surface area contributed by atoms with Gasteiger partial charge in [0.05, 0.1) is 18.2 Å². The fraction of sp³-hybridized carbons (Fsp3) is 0.700. The van der Waals surface area contributed by atoms with Gasteiger partial charge in [0.15, 0.2) is 0 Å². The minimum Gasteiger partial charge on any atom is -0.391 e. The van der Waals surface area contributed by atoms with Crippen molar-refractivity contribution < 1.29 is 19.5 Å². The van der Waals surface area contributed by atoms with Crippen LogP contribution in [0, 0.1) is 0 Å². The first kappa shape index (κ1) is 15.5. The Balaban J connectivity index is 4.57. The molecule has 0 aromatic rings. The highest BCUT2D eigenvalue weighted by molar-refractivity contribution is 5.90. The van der Waals surface area contributed by atoms with E-state index in [1.165, 1.54) is 20.8 Å². The molecule has 0 aromatic heterocycles. The Morgan fingerprint density at radius 2 is 1.71 bits per heavy atom. The molecule has 7 nitrogen and oxygen atoms in total. The van der Waals surface area contributed by atoms with E-state index in [1.807, 2.05) is 0 Å². The molecule has 0 rings (SSSR count). The summed E-state index contributed by atoms with van der Waals surface area (Å²) < 4.78 is 0. The molecule has 1 radical (unpaired) electrons. The van der Waals surface area contributed by atoms with Gasteiger partial charge in [0.1, 0.15) is 6.04 Å². The molecule has 0 saturated carbocycles. The lowest BCUT2D eigenvalue weighted by Crippen LogP contribution is -2.56. The maximum atomic E-state index is 11.6. The Labute approximate surface area is 99.7 Å². The number of nitrogens with one attached hydrogen (secondary N) is 2. The smallest absolute Gasteiger partial charge is 0.245 e. The third-order valence-electron chi connectivity index (χ3n) is 2.01. The van der Waals surface area contributed by atoms with Gasteiger partial charge in [-0.25, -0.2) is 0 Å². The van der Waals surface area contributed by atoms with Crippen molar-refractivity contribution in [2.75, 3.05) is 0 Å². The second kappa shape index (κ2) is 6.97. The largest absolute Gasteiger partial charge is 0.391 e. The molecule has 0 fully saturated rings. The van der Waals surface area contributed by atoms with Crippen molar-refractivity contribution in [1.29, 1.82) is 0 Å². The van der Waals surface area contributed by atoms with Crippen molar-refractivity contribution in [2.45, 2.75) is 45.0 Å². The average molecular weight is 244 g/mol. The Morgan fingerprint density at radius 1 is 1.18 bits per heavy atom. The van der Waals surface area contributed by atoms with Crippen molar-refractivity contribution in [3.05, 3.63) is 0 Å². The van der Waals surface area contributed by atoms with Crippen LogP contribution >= 0.6 is 0 Å². The molecule has 0 heterocycles. The van der Waals surface area contributed by atoms with Gasteiger partial charge in [0.25, 0.3) is 0 Å². The molecule has 0 aliphatic rings. The number of rotatable bonds is 6. The second-order valence-electron chi connectivity index (χ2n) is 3.86. The Morgan fingerprint density at radius 3 is 2.06 bits per heavy atom. The number of nitrogens with two attached hydrogens (primary N) is 1. The Bertz CT molecular complexity index is 291. The van der Waals surface area contributed by atoms with Crippen LogP contribution < -0.4 is 16.4 Å². The molecule has 5 N–H and O–H groups in total. The SMILES string of the molecule is C[C@H](N)C(=O)N[C@H](C(=O)N[C@@H](C)[C]=O)[C@@H](C)O. The summed E-state index contributed by atoms with van der Waals surface area (Å²) in [5.74, 6) is -1.22. The van der Waals surface area contributed by atoms with E-state index in [9.17, 15) is 19.5 Å². The summed E-state index contributed by atoms with van der Waals surface area (Å²) in [5, 5.41) is 14.0. The summed E-state index contributed by atoms with van der Waals surface area (Å²) in [4.78, 5) is 33.2. The highest BCUT2D eigenvalue weighted by atomic mass is 16.3. The minimum atomic E-state index is -1.15. The quantitative estimate of drug-likeness (QED) is 0.423. The van der Waals surface area contributed by atoms with Crippen molar-refractivity contribution >= 4 is 18.1 Å². The third-order valence-corrected chi connectivity index (χ3v) is 2.01. The lowest BCUT2D eigenvalue weighted by molar-refractivity contribution is -0.132. The second-order valence-corrected chi connectivity index (χ2v) is 3.86. The molecule has 0 aliphatic carbocycles. The summed E-state index contributed by atoms with van der Waals surface area (Å²) in [6, 6.07) is -2.75. The van der Waals surface area contributed by atoms with Crippen molar-refractivity contribution in [3.8, 4) is 0 Å². The van der Waals surface area contributed by atoms with Crippen LogP contribution in [0.15, 0.2) is 0 Å². The molecule has 4 atom stereocenters. The van der Waals surface area contributed by atoms with Gasteiger partial charge in [-0.3, -0.25) is 14.4 Å². The topological polar surface area (TPSA) is 122 Å². The average Bonchev–Trinajstić information content (AvgIpc) is 2.24. The van der Waals surface area contributed by atoms with Gasteiger partial charge in [0, 0.05) is 0 Å². The number of carbonyl (C=O) groups excluding carboxylic acids is 3. The Hall–Kier alpha value is -1.47. The van der Waals surface area contributed by atoms with Crippen LogP contribution in [0.25, 0.3) is 0 Å². The summed E-state index contributed by atoms with van der Waals surface area (Å²) >= 11 is 0. The molecular weight excluding hydrogens is 226 g/mol. The van der Waals surface area contributed by atoms with Crippen molar-refractivity contribution in [1.82, 2.24) is 10.6 Å². The maximum Gasteiger partial charge on any atom is 0.245 e. The number of hydrogen-bond acceptors (Lipinski definition) is 5. The number of aliphatic hydroxyl groups is 1. The fourth-order valence-electron chi connectivity index (χ4n) is 1.02. The normalized spacial score (nSPS) is 17.5. The van der Waals surface area contributed by atoms with E-state index in [2.05, 4.69) is 10.6 Å². The molecule has 17 heavy (non-hydrogen) atoms. The predicted molar refractivity (Wildman–Crippen MR) is 60.6 cm³/mol. The van der Waals surface area contributed by atoms with Crippen molar-refractivity contribution in [2.24, 2.45) is 5.73 Å². The number of amides is 2. The van der Waals surface area contributed by atoms with Crippen LogP contribution in [-0.2, 0) is 14.4 Å². The first-order chi connectivity index (χ1) is 7.79. The predicted octanol–water partition coefficient (Wildman–Crippen LogP) is -2.19. The molecule has 0 spiro atoms. The van der Waals surface area contributed by atoms with E-state index in [1.54, 1.807) is 6.29 Å². The summed E-state index contributed by atoms with van der Waals surface area (Å²) in [5.41, 5.74) is 5.32. The Kier molecular flexibility index (Phi) is 6.37. The van der Waals surface area contributed by atoms with Gasteiger partial charge in [-0.2, -0.15) is 0 Å². The molecule has 2 amide bonds. The molecule has 0 aromatic carbocycles. The van der Waals surface area contributed by atoms with Gasteiger partial charge >= 0.3 is 0 Å². The van der Waals surface area contributed by atoms with Crippen LogP contribution in [0.2, 0.25) is 0 Å². The summed E-state index contributed by atoms with van der Waals surface area (Å²) in [6.07, 6.45) is 0.464. The van der Waals surface area contributed by atoms with Crippen LogP contribution in [0.1, 0.15) is 20.8 Å². The van der Waals surface area contributed by atoms with Gasteiger partial charge < -0.3 is 21.5 Å². The first-order valence-corrected chi connectivity index (χ1v) is 5.21. The molecule has 0 bridgehead atoms. The molecule has 0 aliphatic heterocycles. The zero-order chi connectivity index (χ0) is 13.6. The monoisotopic (exact) mass is 244 g/mol. The molecule has 0 saturated heterocycles. The molecular formula is C10H18N3O4. The van der Waals surface area contributed by atoms with E-state index in [0.29, 0.717) is 0 Å². The van der Waals surface area contributed by atoms with E-state index in [-0.39, 0.29) is 0 Å². The standard InChI is InChI=1S/C10H18N3O4/c1-5(4-14)12-10(17)8(7(3)15)13-9(16)6(2)11/h5-8,15H,11H2,1-3H3,(H,12,17)(H,13,16)/t5-,6-,7+,8-/m0/s1. The highest BCUT2D eigenvalue weighted by Crippen LogP contribution is 1.95. The number of aliphatic hydroxyl groups excluding tert-OH is 1. The van der Waals surface area contributed by atoms with E-state index < -0.39 is 36.0 Å². The minimum absolute atomic E-state index is 0.561. The number of hydrogen-bond donors (Lipinski definition) is 4. The van der Waals surface area contributed by atoms with E-state index in [0.717, 1.165) is 0 Å². The molecule has 0 unspecified atom stereocenters. The van der Waals surface area contributed by atoms with Gasteiger partial charge in [-0.05, 0) is 20.8 Å². The highest BCUT2D eigenvalue weighted by Gasteiger charge is 2.27. The van der Waals surface area contributed by atoms with Crippen molar-refractivity contribution in [3.63, 3.8) is 0 Å². The maximum absolute atomic E-state index is 11.6. The first-order valence-electron chi connectivity index (χ1n) is 5.21. The fourth-order valence-corrected chi connectivity index (χ4v) is 1.02.